The number of hydrogen-bond acceptors (Lipinski definition) is 5. The number of nitrogens with zero attached hydrogens (tertiary/aromatic N) is 7. The third-order valence-corrected chi connectivity index (χ3v) is 5.19. The van der Waals surface area contributed by atoms with E-state index in [1.54, 1.807) is 17.2 Å². The molecule has 0 aliphatic carbocycles. The lowest BCUT2D eigenvalue weighted by Gasteiger charge is -2.01. The van der Waals surface area contributed by atoms with Crippen molar-refractivity contribution >= 4 is 21.9 Å². The molecule has 6 aromatic rings. The summed E-state index contributed by atoms with van der Waals surface area (Å²) >= 11 is 0. The Morgan fingerprint density at radius 3 is 2.70 bits per heavy atom. The molecular weight excluding hydrogens is 378 g/mol. The molecule has 0 spiro atoms. The molecule has 2 N–H and O–H groups in total. The molecule has 0 unspecified atom stereocenters. The smallest absolute Gasteiger partial charge is 0.155 e. The highest BCUT2D eigenvalue weighted by Gasteiger charge is 2.15. The van der Waals surface area contributed by atoms with Crippen LogP contribution in [-0.2, 0) is 7.05 Å². The highest BCUT2D eigenvalue weighted by molar-refractivity contribution is 5.97. The van der Waals surface area contributed by atoms with E-state index in [1.807, 2.05) is 49.4 Å². The molecule has 0 saturated heterocycles. The van der Waals surface area contributed by atoms with Crippen molar-refractivity contribution in [3.05, 3.63) is 61.2 Å². The summed E-state index contributed by atoms with van der Waals surface area (Å²) in [4.78, 5) is 16.9. The number of aromatic amines is 2. The number of rotatable bonds is 3. The van der Waals surface area contributed by atoms with Gasteiger partial charge < -0.3 is 4.98 Å². The third kappa shape index (κ3) is 2.52. The molecule has 0 amide bonds. The van der Waals surface area contributed by atoms with Crippen molar-refractivity contribution in [2.45, 2.75) is 6.92 Å². The standard InChI is InChI=1S/C21H17N9/c1-12-9-30(11-24-12)21-15-6-18(26-17(15)3-4-22-21)19-16-5-13(7-23-20(16)28-27-19)14-8-25-29(2)10-14/h3-11,26H,1-2H3,(H,23,27,28). The number of aromatic nitrogens is 9. The van der Waals surface area contributed by atoms with E-state index in [1.165, 1.54) is 0 Å². The van der Waals surface area contributed by atoms with Gasteiger partial charge in [-0.25, -0.2) is 15.0 Å². The zero-order chi connectivity index (χ0) is 20.2. The lowest BCUT2D eigenvalue weighted by molar-refractivity contribution is 0.768. The minimum atomic E-state index is 0.736. The van der Waals surface area contributed by atoms with Crippen LogP contribution in [0.3, 0.4) is 0 Å². The molecule has 0 aliphatic heterocycles. The topological polar surface area (TPSA) is 106 Å². The monoisotopic (exact) mass is 395 g/mol. The molecule has 0 radical (unpaired) electrons. The van der Waals surface area contributed by atoms with Crippen molar-refractivity contribution in [1.82, 2.24) is 44.5 Å². The first-order valence-corrected chi connectivity index (χ1v) is 9.48. The van der Waals surface area contributed by atoms with Gasteiger partial charge in [0, 0.05) is 53.7 Å². The summed E-state index contributed by atoms with van der Waals surface area (Å²) in [5, 5.41) is 13.8. The zero-order valence-electron chi connectivity index (χ0n) is 16.3. The Morgan fingerprint density at radius 2 is 1.90 bits per heavy atom. The van der Waals surface area contributed by atoms with Crippen molar-refractivity contribution in [2.24, 2.45) is 7.05 Å². The fourth-order valence-corrected chi connectivity index (χ4v) is 3.75. The van der Waals surface area contributed by atoms with Crippen LogP contribution >= 0.6 is 0 Å². The number of imidazole rings is 1. The number of fused-ring (bicyclic) bond motifs is 2. The number of nitrogens with one attached hydrogen (secondary N) is 2. The molecular formula is C21H17N9. The molecule has 0 aliphatic rings. The summed E-state index contributed by atoms with van der Waals surface area (Å²) in [6.45, 7) is 1.96. The summed E-state index contributed by atoms with van der Waals surface area (Å²) in [6.07, 6.45) is 11.2. The van der Waals surface area contributed by atoms with Crippen molar-refractivity contribution in [2.75, 3.05) is 0 Å². The van der Waals surface area contributed by atoms with Gasteiger partial charge in [-0.3, -0.25) is 14.3 Å². The number of pyridine rings is 2. The number of hydrogen-bond donors (Lipinski definition) is 2. The second-order valence-corrected chi connectivity index (χ2v) is 7.30. The molecule has 0 saturated carbocycles. The van der Waals surface area contributed by atoms with E-state index in [0.717, 1.165) is 56.0 Å². The van der Waals surface area contributed by atoms with Gasteiger partial charge in [-0.15, -0.1) is 0 Å². The second kappa shape index (κ2) is 6.11. The minimum Gasteiger partial charge on any atom is -0.353 e. The van der Waals surface area contributed by atoms with Gasteiger partial charge >= 0.3 is 0 Å². The lowest BCUT2D eigenvalue weighted by atomic mass is 10.1. The quantitative estimate of drug-likeness (QED) is 0.478. The summed E-state index contributed by atoms with van der Waals surface area (Å²) in [5.74, 6) is 0.824. The van der Waals surface area contributed by atoms with E-state index in [4.69, 9.17) is 0 Å². The highest BCUT2D eigenvalue weighted by atomic mass is 15.2. The van der Waals surface area contributed by atoms with E-state index >= 15 is 0 Å². The summed E-state index contributed by atoms with van der Waals surface area (Å²) in [7, 11) is 1.90. The zero-order valence-corrected chi connectivity index (χ0v) is 16.3. The van der Waals surface area contributed by atoms with Gasteiger partial charge in [0.2, 0.25) is 0 Å². The van der Waals surface area contributed by atoms with Gasteiger partial charge in [0.05, 0.1) is 23.1 Å². The van der Waals surface area contributed by atoms with Crippen LogP contribution in [0.4, 0.5) is 0 Å². The van der Waals surface area contributed by atoms with E-state index in [0.29, 0.717) is 0 Å². The van der Waals surface area contributed by atoms with Crippen LogP contribution < -0.4 is 0 Å². The van der Waals surface area contributed by atoms with Gasteiger partial charge in [-0.05, 0) is 25.1 Å². The van der Waals surface area contributed by atoms with Crippen LogP contribution in [0.15, 0.2) is 55.5 Å². The minimum absolute atomic E-state index is 0.736. The Kier molecular flexibility index (Phi) is 3.40. The van der Waals surface area contributed by atoms with E-state index in [2.05, 4.69) is 47.4 Å². The second-order valence-electron chi connectivity index (χ2n) is 7.30. The molecule has 6 heterocycles. The molecule has 146 valence electrons. The maximum atomic E-state index is 4.56. The van der Waals surface area contributed by atoms with E-state index < -0.39 is 0 Å². The molecule has 0 aromatic carbocycles. The first kappa shape index (κ1) is 16.7. The highest BCUT2D eigenvalue weighted by Crippen LogP contribution is 2.32. The maximum absolute atomic E-state index is 4.56. The third-order valence-electron chi connectivity index (χ3n) is 5.19. The van der Waals surface area contributed by atoms with Gasteiger partial charge in [-0.1, -0.05) is 0 Å². The predicted octanol–water partition coefficient (Wildman–Crippen LogP) is 3.40. The summed E-state index contributed by atoms with van der Waals surface area (Å²) < 4.78 is 3.71. The number of aryl methyl sites for hydroxylation is 2. The molecule has 30 heavy (non-hydrogen) atoms. The van der Waals surface area contributed by atoms with E-state index in [9.17, 15) is 0 Å². The summed E-state index contributed by atoms with van der Waals surface area (Å²) in [6, 6.07) is 6.11. The van der Waals surface area contributed by atoms with Crippen LogP contribution in [-0.4, -0.2) is 44.5 Å². The van der Waals surface area contributed by atoms with Crippen LogP contribution in [0.1, 0.15) is 5.69 Å². The van der Waals surface area contributed by atoms with Crippen molar-refractivity contribution in [3.8, 4) is 28.3 Å². The average Bonchev–Trinajstić information content (AvgIpc) is 3.52. The maximum Gasteiger partial charge on any atom is 0.155 e. The Labute approximate surface area is 170 Å². The van der Waals surface area contributed by atoms with Gasteiger partial charge in [0.15, 0.2) is 5.65 Å². The Morgan fingerprint density at radius 1 is 0.967 bits per heavy atom. The molecule has 9 nitrogen and oxygen atoms in total. The Hall–Kier alpha value is -4.27. The fourth-order valence-electron chi connectivity index (χ4n) is 3.75. The van der Waals surface area contributed by atoms with Gasteiger partial charge in [0.1, 0.15) is 17.8 Å². The predicted molar refractivity (Wildman–Crippen MR) is 113 cm³/mol. The van der Waals surface area contributed by atoms with Crippen LogP contribution in [0.5, 0.6) is 0 Å². The molecule has 0 bridgehead atoms. The van der Waals surface area contributed by atoms with Crippen LogP contribution in [0.25, 0.3) is 50.3 Å². The first-order chi connectivity index (χ1) is 14.7. The molecule has 6 rings (SSSR count). The largest absolute Gasteiger partial charge is 0.353 e. The molecule has 6 aromatic heterocycles. The lowest BCUT2D eigenvalue weighted by Crippen LogP contribution is -1.94. The molecule has 0 atom stereocenters. The fraction of sp³-hybridized carbons (Fsp3) is 0.0952. The first-order valence-electron chi connectivity index (χ1n) is 9.48. The normalized spacial score (nSPS) is 11.7. The van der Waals surface area contributed by atoms with Crippen molar-refractivity contribution in [3.63, 3.8) is 0 Å². The Balaban J connectivity index is 1.52. The van der Waals surface area contributed by atoms with Gasteiger partial charge in [-0.2, -0.15) is 10.2 Å². The van der Waals surface area contributed by atoms with E-state index in [-0.39, 0.29) is 0 Å². The summed E-state index contributed by atoms with van der Waals surface area (Å²) in [5.41, 5.74) is 6.37. The van der Waals surface area contributed by atoms with Gasteiger partial charge in [0.25, 0.3) is 0 Å². The molecule has 0 fully saturated rings. The SMILES string of the molecule is Cc1cn(-c2nccc3[nH]c(-c4n[nH]c5ncc(-c6cnn(C)c6)cc45)cc23)cn1. The van der Waals surface area contributed by atoms with Crippen LogP contribution in [0.2, 0.25) is 0 Å². The molecule has 9 heteroatoms. The Bertz CT molecular complexity index is 1530. The van der Waals surface area contributed by atoms with Crippen LogP contribution in [0, 0.1) is 6.92 Å². The van der Waals surface area contributed by atoms with Crippen molar-refractivity contribution in [1.29, 1.82) is 0 Å². The van der Waals surface area contributed by atoms with Crippen molar-refractivity contribution < 1.29 is 0 Å². The number of H-pyrrole nitrogens is 2. The average molecular weight is 395 g/mol.